The van der Waals surface area contributed by atoms with Gasteiger partial charge in [-0.25, -0.2) is 9.78 Å². The first-order chi connectivity index (χ1) is 11.2. The van der Waals surface area contributed by atoms with Crippen LogP contribution in [0.15, 0.2) is 42.9 Å². The van der Waals surface area contributed by atoms with Gasteiger partial charge in [0, 0.05) is 6.61 Å². The molecule has 1 aliphatic rings. The van der Waals surface area contributed by atoms with E-state index in [-0.39, 0.29) is 12.0 Å². The predicted molar refractivity (Wildman–Crippen MR) is 86.4 cm³/mol. The third-order valence-electron chi connectivity index (χ3n) is 4.26. The Hall–Kier alpha value is -2.14. The Morgan fingerprint density at radius 3 is 2.74 bits per heavy atom. The molecule has 1 saturated carbocycles. The Morgan fingerprint density at radius 1 is 1.35 bits per heavy atom. The number of hydrogen-bond donors (Lipinski definition) is 0. The van der Waals surface area contributed by atoms with Gasteiger partial charge >= 0.3 is 5.97 Å². The van der Waals surface area contributed by atoms with Gasteiger partial charge in [0.05, 0.1) is 25.2 Å². The number of rotatable bonds is 7. The second kappa shape index (κ2) is 6.54. The van der Waals surface area contributed by atoms with Gasteiger partial charge in [-0.15, -0.1) is 0 Å². The lowest BCUT2D eigenvalue weighted by Crippen LogP contribution is -2.27. The second-order valence-corrected chi connectivity index (χ2v) is 5.98. The highest BCUT2D eigenvalue weighted by Gasteiger charge is 2.47. The van der Waals surface area contributed by atoms with Crippen molar-refractivity contribution < 1.29 is 14.3 Å². The summed E-state index contributed by atoms with van der Waals surface area (Å²) in [5.41, 5.74) is 1.16. The van der Waals surface area contributed by atoms with Crippen molar-refractivity contribution in [1.82, 2.24) is 9.55 Å². The summed E-state index contributed by atoms with van der Waals surface area (Å²) in [6.45, 7) is 5.08. The van der Waals surface area contributed by atoms with E-state index in [1.54, 1.807) is 12.5 Å². The standard InChI is InChI=1S/C18H22N2O3/c1-3-22-12-18(9-10-18)23-17(21)16-11-19-13-20(16)14(2)15-7-5-4-6-8-15/h4-8,11,13-14H,3,9-10,12H2,1-2H3. The molecule has 0 radical (unpaired) electrons. The van der Waals surface area contributed by atoms with E-state index in [9.17, 15) is 4.79 Å². The lowest BCUT2D eigenvalue weighted by Gasteiger charge is -2.19. The van der Waals surface area contributed by atoms with Crippen molar-refractivity contribution in [3.63, 3.8) is 0 Å². The van der Waals surface area contributed by atoms with Crippen molar-refractivity contribution in [3.8, 4) is 0 Å². The molecule has 5 nitrogen and oxygen atoms in total. The minimum atomic E-state index is -0.432. The van der Waals surface area contributed by atoms with Gasteiger partial charge in [-0.1, -0.05) is 30.3 Å². The van der Waals surface area contributed by atoms with Crippen LogP contribution in [0.25, 0.3) is 0 Å². The van der Waals surface area contributed by atoms with Crippen LogP contribution in [0.2, 0.25) is 0 Å². The average Bonchev–Trinajstić information content (AvgIpc) is 3.15. The maximum atomic E-state index is 12.5. The number of aromatic nitrogens is 2. The summed E-state index contributed by atoms with van der Waals surface area (Å²) in [6, 6.07) is 10.0. The Labute approximate surface area is 136 Å². The molecule has 1 aromatic carbocycles. The fraction of sp³-hybridized carbons (Fsp3) is 0.444. The minimum absolute atomic E-state index is 0.0169. The van der Waals surface area contributed by atoms with E-state index < -0.39 is 5.60 Å². The molecule has 2 aromatic rings. The summed E-state index contributed by atoms with van der Waals surface area (Å²) in [5.74, 6) is -0.331. The van der Waals surface area contributed by atoms with Crippen LogP contribution < -0.4 is 0 Å². The van der Waals surface area contributed by atoms with Crippen molar-refractivity contribution in [3.05, 3.63) is 54.1 Å². The zero-order chi connectivity index (χ0) is 16.3. The van der Waals surface area contributed by atoms with E-state index in [4.69, 9.17) is 9.47 Å². The Balaban J connectivity index is 1.74. The molecule has 122 valence electrons. The fourth-order valence-electron chi connectivity index (χ4n) is 2.62. The molecule has 0 amide bonds. The molecule has 5 heteroatoms. The zero-order valence-corrected chi connectivity index (χ0v) is 13.6. The fourth-order valence-corrected chi connectivity index (χ4v) is 2.62. The van der Waals surface area contributed by atoms with E-state index in [0.29, 0.717) is 18.9 Å². The Kier molecular flexibility index (Phi) is 4.48. The van der Waals surface area contributed by atoms with E-state index >= 15 is 0 Å². The smallest absolute Gasteiger partial charge is 0.357 e. The van der Waals surface area contributed by atoms with E-state index in [2.05, 4.69) is 4.98 Å². The van der Waals surface area contributed by atoms with Crippen molar-refractivity contribution in [2.75, 3.05) is 13.2 Å². The summed E-state index contributed by atoms with van der Waals surface area (Å²) >= 11 is 0. The molecule has 1 atom stereocenters. The van der Waals surface area contributed by atoms with Gasteiger partial charge in [0.15, 0.2) is 0 Å². The van der Waals surface area contributed by atoms with Gasteiger partial charge in [0.2, 0.25) is 0 Å². The molecule has 1 unspecified atom stereocenters. The molecule has 0 bridgehead atoms. The summed E-state index contributed by atoms with van der Waals surface area (Å²) < 4.78 is 13.0. The van der Waals surface area contributed by atoms with Crippen molar-refractivity contribution in [2.24, 2.45) is 0 Å². The van der Waals surface area contributed by atoms with Crippen LogP contribution in [0.5, 0.6) is 0 Å². The maximum absolute atomic E-state index is 12.5. The molecule has 0 aliphatic heterocycles. The molecule has 0 saturated heterocycles. The number of carbonyl (C=O) groups excluding carboxylic acids is 1. The van der Waals surface area contributed by atoms with Gasteiger partial charge in [-0.3, -0.25) is 0 Å². The number of esters is 1. The molecule has 0 spiro atoms. The largest absolute Gasteiger partial charge is 0.452 e. The summed E-state index contributed by atoms with van der Waals surface area (Å²) in [6.07, 6.45) is 4.97. The molecule has 1 aliphatic carbocycles. The normalized spacial score (nSPS) is 16.8. The van der Waals surface area contributed by atoms with E-state index in [0.717, 1.165) is 18.4 Å². The summed E-state index contributed by atoms with van der Waals surface area (Å²) in [4.78, 5) is 16.7. The van der Waals surface area contributed by atoms with Gasteiger partial charge in [-0.2, -0.15) is 0 Å². The topological polar surface area (TPSA) is 53.4 Å². The number of imidazole rings is 1. The molecular weight excluding hydrogens is 292 g/mol. The lowest BCUT2D eigenvalue weighted by molar-refractivity contribution is -0.0147. The number of benzene rings is 1. The van der Waals surface area contributed by atoms with Crippen LogP contribution in [0.4, 0.5) is 0 Å². The van der Waals surface area contributed by atoms with Crippen LogP contribution in [0.1, 0.15) is 48.8 Å². The molecule has 1 aromatic heterocycles. The summed E-state index contributed by atoms with van der Waals surface area (Å²) in [5, 5.41) is 0. The molecule has 1 heterocycles. The number of carbonyl (C=O) groups is 1. The first-order valence-electron chi connectivity index (χ1n) is 8.03. The van der Waals surface area contributed by atoms with Gasteiger partial charge in [0.25, 0.3) is 0 Å². The highest BCUT2D eigenvalue weighted by atomic mass is 16.6. The van der Waals surface area contributed by atoms with E-state index in [1.165, 1.54) is 0 Å². The van der Waals surface area contributed by atoms with Crippen LogP contribution in [-0.2, 0) is 9.47 Å². The molecule has 3 rings (SSSR count). The second-order valence-electron chi connectivity index (χ2n) is 5.98. The Bertz CT molecular complexity index is 662. The molecule has 1 fully saturated rings. The van der Waals surface area contributed by atoms with Crippen LogP contribution in [-0.4, -0.2) is 34.3 Å². The minimum Gasteiger partial charge on any atom is -0.452 e. The number of ether oxygens (including phenoxy) is 2. The van der Waals surface area contributed by atoms with Gasteiger partial charge in [-0.05, 0) is 32.3 Å². The first kappa shape index (κ1) is 15.7. The van der Waals surface area contributed by atoms with Gasteiger partial charge < -0.3 is 14.0 Å². The SMILES string of the molecule is CCOCC1(OC(=O)c2cncn2C(C)c2ccccc2)CC1. The van der Waals surface area contributed by atoms with Gasteiger partial charge in [0.1, 0.15) is 11.3 Å². The van der Waals surface area contributed by atoms with Crippen molar-refractivity contribution >= 4 is 5.97 Å². The van der Waals surface area contributed by atoms with Crippen LogP contribution in [0, 0.1) is 0 Å². The highest BCUT2D eigenvalue weighted by molar-refractivity contribution is 5.88. The monoisotopic (exact) mass is 314 g/mol. The highest BCUT2D eigenvalue weighted by Crippen LogP contribution is 2.40. The first-order valence-corrected chi connectivity index (χ1v) is 8.03. The third kappa shape index (κ3) is 3.45. The Morgan fingerprint density at radius 2 is 2.09 bits per heavy atom. The molecular formula is C18H22N2O3. The quantitative estimate of drug-likeness (QED) is 0.736. The maximum Gasteiger partial charge on any atom is 0.357 e. The molecule has 23 heavy (non-hydrogen) atoms. The van der Waals surface area contributed by atoms with Crippen LogP contribution in [0.3, 0.4) is 0 Å². The van der Waals surface area contributed by atoms with E-state index in [1.807, 2.05) is 48.7 Å². The average molecular weight is 314 g/mol. The molecule has 0 N–H and O–H groups in total. The van der Waals surface area contributed by atoms with Crippen molar-refractivity contribution in [1.29, 1.82) is 0 Å². The van der Waals surface area contributed by atoms with Crippen molar-refractivity contribution in [2.45, 2.75) is 38.3 Å². The predicted octanol–water partition coefficient (Wildman–Crippen LogP) is 3.22. The lowest BCUT2D eigenvalue weighted by atomic mass is 10.1. The number of nitrogens with zero attached hydrogens (tertiary/aromatic N) is 2. The van der Waals surface area contributed by atoms with Crippen LogP contribution >= 0.6 is 0 Å². The zero-order valence-electron chi connectivity index (χ0n) is 13.6. The number of hydrogen-bond acceptors (Lipinski definition) is 4. The third-order valence-corrected chi connectivity index (χ3v) is 4.26. The summed E-state index contributed by atoms with van der Waals surface area (Å²) in [7, 11) is 0.